The number of aryl methyl sites for hydroxylation is 1. The van der Waals surface area contributed by atoms with Gasteiger partial charge in [-0.2, -0.15) is 4.31 Å². The third-order valence-electron chi connectivity index (χ3n) is 3.11. The summed E-state index contributed by atoms with van der Waals surface area (Å²) in [6, 6.07) is 3.99. The maximum absolute atomic E-state index is 13.7. The molecule has 1 fully saturated rings. The number of rotatable bonds is 2. The number of sulfonamides is 1. The highest BCUT2D eigenvalue weighted by atomic mass is 32.2. The Balaban J connectivity index is 2.44. The molecule has 1 saturated heterocycles. The van der Waals surface area contributed by atoms with Gasteiger partial charge in [-0.15, -0.1) is 0 Å². The smallest absolute Gasteiger partial charge is 0.246 e. The first-order valence-electron chi connectivity index (χ1n) is 5.91. The predicted molar refractivity (Wildman–Crippen MR) is 67.4 cm³/mol. The summed E-state index contributed by atoms with van der Waals surface area (Å²) >= 11 is 0. The first kappa shape index (κ1) is 13.5. The van der Waals surface area contributed by atoms with Crippen LogP contribution in [0.5, 0.6) is 0 Å². The average Bonchev–Trinajstić information content (AvgIpc) is 2.32. The predicted octanol–water partition coefficient (Wildman–Crippen LogP) is 1.12. The Morgan fingerprint density at radius 1 is 1.44 bits per heavy atom. The van der Waals surface area contributed by atoms with E-state index in [9.17, 15) is 12.8 Å². The number of nitrogens with zero attached hydrogens (tertiary/aromatic N) is 1. The number of hydrogen-bond donors (Lipinski definition) is 1. The van der Waals surface area contributed by atoms with E-state index in [1.807, 2.05) is 6.92 Å². The maximum atomic E-state index is 13.7. The molecule has 2 rings (SSSR count). The molecule has 0 saturated carbocycles. The molecule has 1 aliphatic rings. The third kappa shape index (κ3) is 2.41. The molecule has 18 heavy (non-hydrogen) atoms. The molecule has 1 aliphatic heterocycles. The van der Waals surface area contributed by atoms with Gasteiger partial charge < -0.3 is 5.32 Å². The van der Waals surface area contributed by atoms with Crippen LogP contribution in [0.1, 0.15) is 12.5 Å². The largest absolute Gasteiger partial charge is 0.314 e. The van der Waals surface area contributed by atoms with E-state index in [2.05, 4.69) is 5.32 Å². The molecule has 1 aromatic rings. The van der Waals surface area contributed by atoms with Crippen molar-refractivity contribution in [2.45, 2.75) is 24.8 Å². The van der Waals surface area contributed by atoms with E-state index in [1.165, 1.54) is 16.4 Å². The number of nitrogens with one attached hydrogen (secondary N) is 1. The van der Waals surface area contributed by atoms with Gasteiger partial charge in [0.25, 0.3) is 0 Å². The van der Waals surface area contributed by atoms with Crippen LogP contribution in [0.2, 0.25) is 0 Å². The maximum Gasteiger partial charge on any atom is 0.246 e. The van der Waals surface area contributed by atoms with E-state index in [0.29, 0.717) is 19.6 Å². The number of halogens is 1. The summed E-state index contributed by atoms with van der Waals surface area (Å²) in [7, 11) is -3.75. The summed E-state index contributed by atoms with van der Waals surface area (Å²) in [5.41, 5.74) is 0.734. The van der Waals surface area contributed by atoms with Crippen LogP contribution in [-0.2, 0) is 10.0 Å². The fourth-order valence-corrected chi connectivity index (χ4v) is 3.90. The number of piperazine rings is 1. The van der Waals surface area contributed by atoms with Crippen LogP contribution in [0.15, 0.2) is 23.1 Å². The minimum absolute atomic E-state index is 0.163. The van der Waals surface area contributed by atoms with Gasteiger partial charge in [0, 0.05) is 25.7 Å². The molecule has 0 spiro atoms. The van der Waals surface area contributed by atoms with Crippen LogP contribution in [0.3, 0.4) is 0 Å². The van der Waals surface area contributed by atoms with Crippen molar-refractivity contribution >= 4 is 10.0 Å². The molecule has 1 aromatic carbocycles. The summed E-state index contributed by atoms with van der Waals surface area (Å²) in [4.78, 5) is -0.226. The van der Waals surface area contributed by atoms with Crippen LogP contribution in [0.25, 0.3) is 0 Å². The molecule has 0 amide bonds. The molecular formula is C12H17FN2O2S. The fraction of sp³-hybridized carbons (Fsp3) is 0.500. The Labute approximate surface area is 107 Å². The van der Waals surface area contributed by atoms with E-state index in [-0.39, 0.29) is 10.9 Å². The second-order valence-corrected chi connectivity index (χ2v) is 6.46. The van der Waals surface area contributed by atoms with Gasteiger partial charge >= 0.3 is 0 Å². The van der Waals surface area contributed by atoms with Gasteiger partial charge in [0.05, 0.1) is 0 Å². The summed E-state index contributed by atoms with van der Waals surface area (Å²) in [6.45, 7) is 5.12. The van der Waals surface area contributed by atoms with Gasteiger partial charge in [0.2, 0.25) is 10.0 Å². The molecule has 1 heterocycles. The van der Waals surface area contributed by atoms with Crippen molar-refractivity contribution in [2.75, 3.05) is 19.6 Å². The van der Waals surface area contributed by atoms with E-state index in [1.54, 1.807) is 13.0 Å². The molecule has 1 unspecified atom stereocenters. The minimum atomic E-state index is -3.75. The van der Waals surface area contributed by atoms with Gasteiger partial charge in [-0.1, -0.05) is 6.07 Å². The molecular weight excluding hydrogens is 255 g/mol. The highest BCUT2D eigenvalue weighted by Crippen LogP contribution is 2.22. The SMILES string of the molecule is Cc1ccc(F)c(S(=O)(=O)N2CCNCC2C)c1. The van der Waals surface area contributed by atoms with Gasteiger partial charge in [0.15, 0.2) is 0 Å². The molecule has 0 bridgehead atoms. The topological polar surface area (TPSA) is 49.4 Å². The molecule has 4 nitrogen and oxygen atoms in total. The van der Waals surface area contributed by atoms with Gasteiger partial charge in [-0.3, -0.25) is 0 Å². The molecule has 1 atom stereocenters. The number of hydrogen-bond acceptors (Lipinski definition) is 3. The Morgan fingerprint density at radius 3 is 2.83 bits per heavy atom. The molecule has 6 heteroatoms. The van der Waals surface area contributed by atoms with Crippen molar-refractivity contribution < 1.29 is 12.8 Å². The molecule has 100 valence electrons. The Bertz CT molecular complexity index is 545. The summed E-state index contributed by atoms with van der Waals surface area (Å²) in [5, 5.41) is 3.11. The third-order valence-corrected chi connectivity index (χ3v) is 5.14. The Hall–Kier alpha value is -0.980. The van der Waals surface area contributed by atoms with Crippen LogP contribution >= 0.6 is 0 Å². The van der Waals surface area contributed by atoms with Crippen molar-refractivity contribution in [2.24, 2.45) is 0 Å². The molecule has 0 radical (unpaired) electrons. The lowest BCUT2D eigenvalue weighted by Crippen LogP contribution is -2.52. The van der Waals surface area contributed by atoms with E-state index >= 15 is 0 Å². The van der Waals surface area contributed by atoms with Crippen LogP contribution in [-0.4, -0.2) is 38.4 Å². The zero-order chi connectivity index (χ0) is 13.3. The average molecular weight is 272 g/mol. The molecule has 1 N–H and O–H groups in total. The standard InChI is InChI=1S/C12H17FN2O2S/c1-9-3-4-11(13)12(7-9)18(16,17)15-6-5-14-8-10(15)2/h3-4,7,10,14H,5-6,8H2,1-2H3. The van der Waals surface area contributed by atoms with Crippen molar-refractivity contribution in [3.05, 3.63) is 29.6 Å². The van der Waals surface area contributed by atoms with Crippen molar-refractivity contribution in [1.29, 1.82) is 0 Å². The van der Waals surface area contributed by atoms with E-state index in [0.717, 1.165) is 5.56 Å². The number of benzene rings is 1. The monoisotopic (exact) mass is 272 g/mol. The second kappa shape index (κ2) is 4.95. The van der Waals surface area contributed by atoms with Crippen LogP contribution < -0.4 is 5.32 Å². The summed E-state index contributed by atoms with van der Waals surface area (Å²) in [6.07, 6.45) is 0. The zero-order valence-corrected chi connectivity index (χ0v) is 11.3. The Morgan fingerprint density at radius 2 is 2.17 bits per heavy atom. The zero-order valence-electron chi connectivity index (χ0n) is 10.5. The van der Waals surface area contributed by atoms with Crippen LogP contribution in [0.4, 0.5) is 4.39 Å². The lowest BCUT2D eigenvalue weighted by atomic mass is 10.2. The first-order valence-corrected chi connectivity index (χ1v) is 7.35. The lowest BCUT2D eigenvalue weighted by molar-refractivity contribution is 0.283. The van der Waals surface area contributed by atoms with Crippen molar-refractivity contribution in [1.82, 2.24) is 9.62 Å². The molecule has 0 aliphatic carbocycles. The van der Waals surface area contributed by atoms with Gasteiger partial charge in [-0.05, 0) is 31.5 Å². The fourth-order valence-electron chi connectivity index (χ4n) is 2.11. The van der Waals surface area contributed by atoms with Crippen molar-refractivity contribution in [3.8, 4) is 0 Å². The highest BCUT2D eigenvalue weighted by molar-refractivity contribution is 7.89. The summed E-state index contributed by atoms with van der Waals surface area (Å²) < 4.78 is 39.9. The van der Waals surface area contributed by atoms with Gasteiger partial charge in [-0.25, -0.2) is 12.8 Å². The van der Waals surface area contributed by atoms with E-state index < -0.39 is 15.8 Å². The Kier molecular flexibility index (Phi) is 3.70. The van der Waals surface area contributed by atoms with Crippen LogP contribution in [0, 0.1) is 12.7 Å². The lowest BCUT2D eigenvalue weighted by Gasteiger charge is -2.32. The quantitative estimate of drug-likeness (QED) is 0.877. The van der Waals surface area contributed by atoms with Crippen molar-refractivity contribution in [3.63, 3.8) is 0 Å². The summed E-state index contributed by atoms with van der Waals surface area (Å²) in [5.74, 6) is -0.689. The van der Waals surface area contributed by atoms with E-state index in [4.69, 9.17) is 0 Å². The van der Waals surface area contributed by atoms with Gasteiger partial charge in [0.1, 0.15) is 10.7 Å². The molecule has 0 aromatic heterocycles. The highest BCUT2D eigenvalue weighted by Gasteiger charge is 2.32. The normalized spacial score (nSPS) is 22.1. The minimum Gasteiger partial charge on any atom is -0.314 e. The second-order valence-electron chi connectivity index (χ2n) is 4.60. The first-order chi connectivity index (χ1) is 8.43.